The van der Waals surface area contributed by atoms with E-state index in [0.29, 0.717) is 34.4 Å². The summed E-state index contributed by atoms with van der Waals surface area (Å²) in [5.41, 5.74) is 13.5. The number of nitrogens with one attached hydrogen (secondary N) is 1. The number of carbonyl (C=O) groups is 3. The summed E-state index contributed by atoms with van der Waals surface area (Å²) in [5.74, 6) is 2.26. The van der Waals surface area contributed by atoms with Crippen molar-refractivity contribution in [1.82, 2.24) is 29.7 Å². The van der Waals surface area contributed by atoms with Gasteiger partial charge in [0.15, 0.2) is 0 Å². The number of hydrogen-bond donors (Lipinski definition) is 1. The van der Waals surface area contributed by atoms with Gasteiger partial charge in [-0.1, -0.05) is 65.2 Å². The molecule has 78 heavy (non-hydrogen) atoms. The zero-order valence-corrected chi connectivity index (χ0v) is 46.2. The molecular formula is C61H70Cl2N8O7. The Morgan fingerprint density at radius 3 is 1.58 bits per heavy atom. The molecule has 0 amide bonds. The van der Waals surface area contributed by atoms with Crippen molar-refractivity contribution < 1.29 is 32.9 Å². The Balaban J connectivity index is 0.000000156. The molecule has 0 atom stereocenters. The topological polar surface area (TPSA) is 153 Å². The van der Waals surface area contributed by atoms with Gasteiger partial charge in [-0.2, -0.15) is 0 Å². The van der Waals surface area contributed by atoms with Crippen LogP contribution in [0.1, 0.15) is 99.4 Å². The van der Waals surface area contributed by atoms with Gasteiger partial charge in [0.05, 0.1) is 46.4 Å². The van der Waals surface area contributed by atoms with Crippen molar-refractivity contribution in [2.75, 3.05) is 82.9 Å². The zero-order valence-electron chi connectivity index (χ0n) is 44.7. The van der Waals surface area contributed by atoms with Gasteiger partial charge in [0.2, 0.25) is 0 Å². The molecular weight excluding hydrogens is 1030 g/mol. The lowest BCUT2D eigenvalue weighted by Gasteiger charge is -2.36. The van der Waals surface area contributed by atoms with E-state index in [0.717, 1.165) is 162 Å². The number of methoxy groups -OCH3 is 2. The van der Waals surface area contributed by atoms with Gasteiger partial charge in [-0.25, -0.2) is 9.59 Å². The summed E-state index contributed by atoms with van der Waals surface area (Å²) < 4.78 is 25.1. The summed E-state index contributed by atoms with van der Waals surface area (Å²) >= 11 is 12.9. The number of aromatic nitrogens is 4. The molecule has 0 bridgehead atoms. The Labute approximate surface area is 466 Å². The van der Waals surface area contributed by atoms with Gasteiger partial charge in [-0.15, -0.1) is 0 Å². The third-order valence-electron chi connectivity index (χ3n) is 15.4. The van der Waals surface area contributed by atoms with Gasteiger partial charge in [0.1, 0.15) is 29.2 Å². The second-order valence-corrected chi connectivity index (χ2v) is 21.4. The summed E-state index contributed by atoms with van der Waals surface area (Å²) in [4.78, 5) is 42.1. The number of rotatable bonds is 13. The zero-order chi connectivity index (χ0) is 53.9. The summed E-state index contributed by atoms with van der Waals surface area (Å²) in [6.45, 7) is 13.0. The van der Waals surface area contributed by atoms with Crippen LogP contribution in [0, 0.1) is 13.8 Å². The van der Waals surface area contributed by atoms with E-state index in [2.05, 4.69) is 67.6 Å². The van der Waals surface area contributed by atoms with Gasteiger partial charge in [-0.3, -0.25) is 4.90 Å². The normalized spacial score (nSPS) is 15.5. The van der Waals surface area contributed by atoms with Crippen molar-refractivity contribution in [2.45, 2.75) is 71.6 Å². The minimum Gasteiger partial charge on any atom is -0.465 e. The quantitative estimate of drug-likeness (QED) is 0.0861. The van der Waals surface area contributed by atoms with Gasteiger partial charge in [0, 0.05) is 148 Å². The van der Waals surface area contributed by atoms with Gasteiger partial charge in [-0.05, 0) is 106 Å². The van der Waals surface area contributed by atoms with Crippen LogP contribution in [0.2, 0.25) is 10.0 Å². The van der Waals surface area contributed by atoms with E-state index in [1.54, 1.807) is 0 Å². The Hall–Kier alpha value is -6.91. The first kappa shape index (κ1) is 55.8. The fourth-order valence-electron chi connectivity index (χ4n) is 10.9. The van der Waals surface area contributed by atoms with Crippen LogP contribution in [0.3, 0.4) is 0 Å². The molecule has 15 nitrogen and oxygen atoms in total. The molecule has 0 unspecified atom stereocenters. The van der Waals surface area contributed by atoms with Crippen molar-refractivity contribution in [3.05, 3.63) is 140 Å². The van der Waals surface area contributed by atoms with Crippen LogP contribution in [0.4, 0.5) is 11.4 Å². The van der Waals surface area contributed by atoms with Crippen molar-refractivity contribution in [3.63, 3.8) is 0 Å². The molecule has 17 heteroatoms. The molecule has 4 fully saturated rings. The first-order chi connectivity index (χ1) is 37.4. The number of anilines is 2. The standard InChI is InChI=1S/C30H33ClN4O3.C15H14ClNO2.C15H19N3O2.CH4/c1-19-5-4-6-25(31)27(19)28-23(29(38-32-28)20-7-8-20)11-12-34-13-15-35(16-14-34)21-9-10-22-24(30(36)37-3)18-33(2)26(22)17-21;1-9-3-2-4-12(16)13(9)14-11(7-8-18)15(19-17-14)10-5-6-10;1-17-10-13(15(19)20-2)12-4-3-11(9-14(12)17)18-7-5-16-6-8-18;/h4-6,9-10,17-18,20H,7-8,11-16H2,1-3H3;2-4,8,10H,5-7H2,1H3;3-4,9-10,16H,5-8H2,1-2H3;1H4. The third-order valence-corrected chi connectivity index (χ3v) is 16.0. The maximum Gasteiger partial charge on any atom is 0.340 e. The van der Waals surface area contributed by atoms with Crippen molar-refractivity contribution >= 4 is 74.6 Å². The Bertz CT molecular complexity index is 3400. The summed E-state index contributed by atoms with van der Waals surface area (Å²) in [6, 6.07) is 24.3. The van der Waals surface area contributed by atoms with Crippen molar-refractivity contribution in [3.8, 4) is 22.5 Å². The number of hydrogen-bond acceptors (Lipinski definition) is 13. The lowest BCUT2D eigenvalue weighted by Crippen LogP contribution is -2.47. The van der Waals surface area contributed by atoms with E-state index in [-0.39, 0.29) is 19.4 Å². The van der Waals surface area contributed by atoms with Gasteiger partial charge < -0.3 is 47.6 Å². The SMILES string of the molecule is C.COC(=O)c1cn(C)c2cc(N3CCN(CCc4c(-c5c(C)cccc5Cl)noc4C4CC4)CC3)ccc12.COC(=O)c1cn(C)c2cc(N3CCNCC3)ccc12.Cc1cccc(Cl)c1-c1noc(C2CC2)c1CC=O. The summed E-state index contributed by atoms with van der Waals surface area (Å²) in [7, 11) is 6.76. The number of nitrogens with zero attached hydrogens (tertiary/aromatic N) is 7. The van der Waals surface area contributed by atoms with Gasteiger partial charge >= 0.3 is 11.9 Å². The highest BCUT2D eigenvalue weighted by atomic mass is 35.5. The van der Waals surface area contributed by atoms with Crippen LogP contribution in [-0.2, 0) is 41.2 Å². The molecule has 4 aliphatic rings. The van der Waals surface area contributed by atoms with E-state index in [9.17, 15) is 14.4 Å². The van der Waals surface area contributed by atoms with Crippen LogP contribution in [-0.4, -0.2) is 116 Å². The highest BCUT2D eigenvalue weighted by molar-refractivity contribution is 6.34. The number of carbonyl (C=O) groups excluding carboxylic acids is 3. The predicted octanol–water partition coefficient (Wildman–Crippen LogP) is 11.8. The number of piperazine rings is 2. The number of halogens is 2. The molecule has 0 spiro atoms. The highest BCUT2D eigenvalue weighted by Crippen LogP contribution is 2.47. The number of benzene rings is 4. The number of aryl methyl sites for hydroxylation is 4. The van der Waals surface area contributed by atoms with E-state index >= 15 is 0 Å². The molecule has 1 N–H and O–H groups in total. The molecule has 12 rings (SSSR count). The van der Waals surface area contributed by atoms with Crippen LogP contribution in [0.5, 0.6) is 0 Å². The van der Waals surface area contributed by atoms with E-state index in [1.807, 2.05) is 85.0 Å². The number of aldehydes is 1. The lowest BCUT2D eigenvalue weighted by atomic mass is 9.98. The number of esters is 2. The first-order valence-corrected chi connectivity index (χ1v) is 27.3. The van der Waals surface area contributed by atoms with Crippen molar-refractivity contribution in [1.29, 1.82) is 0 Å². The molecule has 2 saturated carbocycles. The maximum atomic E-state index is 12.1. The molecule has 4 aromatic heterocycles. The Morgan fingerprint density at radius 1 is 0.667 bits per heavy atom. The molecule has 2 saturated heterocycles. The minimum atomic E-state index is -0.303. The average molecular weight is 1100 g/mol. The molecule has 8 aromatic rings. The maximum absolute atomic E-state index is 12.1. The molecule has 2 aliphatic heterocycles. The Kier molecular flexibility index (Phi) is 17.5. The highest BCUT2D eigenvalue weighted by Gasteiger charge is 2.35. The molecule has 410 valence electrons. The minimum absolute atomic E-state index is 0. The van der Waals surface area contributed by atoms with Crippen LogP contribution < -0.4 is 15.1 Å². The monoisotopic (exact) mass is 1100 g/mol. The van der Waals surface area contributed by atoms with Crippen molar-refractivity contribution in [2.24, 2.45) is 14.1 Å². The smallest absolute Gasteiger partial charge is 0.340 e. The second kappa shape index (κ2) is 24.4. The third kappa shape index (κ3) is 11.8. The number of fused-ring (bicyclic) bond motifs is 2. The van der Waals surface area contributed by atoms with E-state index in [4.69, 9.17) is 41.7 Å². The summed E-state index contributed by atoms with van der Waals surface area (Å²) in [6.07, 6.45) is 10.4. The second-order valence-electron chi connectivity index (χ2n) is 20.5. The lowest BCUT2D eigenvalue weighted by molar-refractivity contribution is -0.107. The van der Waals surface area contributed by atoms with Crippen LogP contribution in [0.25, 0.3) is 44.3 Å². The molecule has 2 aliphatic carbocycles. The molecule has 0 radical (unpaired) electrons. The largest absolute Gasteiger partial charge is 0.465 e. The van der Waals surface area contributed by atoms with Gasteiger partial charge in [0.25, 0.3) is 0 Å². The van der Waals surface area contributed by atoms with Crippen LogP contribution >= 0.6 is 23.2 Å². The van der Waals surface area contributed by atoms with E-state index < -0.39 is 0 Å². The molecule has 4 aromatic carbocycles. The molecule has 6 heterocycles. The summed E-state index contributed by atoms with van der Waals surface area (Å²) in [5, 5.41) is 15.3. The number of ether oxygens (including phenoxy) is 2. The van der Waals surface area contributed by atoms with Crippen LogP contribution in [0.15, 0.2) is 94.2 Å². The average Bonchev–Trinajstić information content (AvgIpc) is 4.44. The predicted molar refractivity (Wildman–Crippen MR) is 310 cm³/mol. The fourth-order valence-corrected chi connectivity index (χ4v) is 11.5. The van der Waals surface area contributed by atoms with E-state index in [1.165, 1.54) is 44.0 Å². The fraction of sp³-hybridized carbons (Fsp3) is 0.393. The Morgan fingerprint density at radius 2 is 1.13 bits per heavy atom. The first-order valence-electron chi connectivity index (χ1n) is 26.6.